The second-order valence-corrected chi connectivity index (χ2v) is 5.45. The zero-order chi connectivity index (χ0) is 13.7. The molecule has 1 aliphatic rings. The van der Waals surface area contributed by atoms with Crippen LogP contribution in [0.15, 0.2) is 30.3 Å². The van der Waals surface area contributed by atoms with Crippen molar-refractivity contribution in [2.45, 2.75) is 31.8 Å². The molecule has 1 aromatic carbocycles. The topological polar surface area (TPSA) is 30.3 Å². The second-order valence-electron chi connectivity index (χ2n) is 5.45. The largest absolute Gasteiger partial charge is 0.295 e. The maximum absolute atomic E-state index is 8.82. The smallest absolute Gasteiger partial charge is 0.0866 e. The fourth-order valence-corrected chi connectivity index (χ4v) is 2.88. The number of rotatable bonds is 4. The van der Waals surface area contributed by atoms with E-state index in [0.29, 0.717) is 18.6 Å². The molecule has 2 atom stereocenters. The van der Waals surface area contributed by atoms with Gasteiger partial charge in [0.15, 0.2) is 0 Å². The number of piperidine rings is 1. The van der Waals surface area contributed by atoms with Crippen molar-refractivity contribution in [3.8, 4) is 6.07 Å². The standard InChI is InChI=1S/C16H23N3/c1-14(15-7-4-3-5-8-15)19-11-6-9-16(13-19)18(2)12-10-17/h3-5,7-8,14,16H,6,9,11-13H2,1-2H3. The van der Waals surface area contributed by atoms with Crippen LogP contribution in [0, 0.1) is 11.3 Å². The fourth-order valence-electron chi connectivity index (χ4n) is 2.88. The van der Waals surface area contributed by atoms with Crippen LogP contribution < -0.4 is 0 Å². The van der Waals surface area contributed by atoms with Crippen molar-refractivity contribution in [1.82, 2.24) is 9.80 Å². The Labute approximate surface area is 116 Å². The summed E-state index contributed by atoms with van der Waals surface area (Å²) in [6.07, 6.45) is 2.42. The Bertz CT molecular complexity index is 423. The quantitative estimate of drug-likeness (QED) is 0.777. The summed E-state index contributed by atoms with van der Waals surface area (Å²) in [5, 5.41) is 8.82. The molecule has 1 aliphatic heterocycles. The molecule has 2 rings (SSSR count). The van der Waals surface area contributed by atoms with Gasteiger partial charge in [0.05, 0.1) is 12.6 Å². The monoisotopic (exact) mass is 257 g/mol. The molecule has 102 valence electrons. The van der Waals surface area contributed by atoms with Crippen LogP contribution in [0.1, 0.15) is 31.4 Å². The van der Waals surface area contributed by atoms with E-state index in [1.807, 2.05) is 0 Å². The van der Waals surface area contributed by atoms with Gasteiger partial charge < -0.3 is 0 Å². The number of likely N-dealkylation sites (tertiary alicyclic amines) is 1. The third-order valence-corrected chi connectivity index (χ3v) is 4.20. The zero-order valence-corrected chi connectivity index (χ0v) is 11.9. The van der Waals surface area contributed by atoms with Crippen LogP contribution in [-0.4, -0.2) is 42.5 Å². The van der Waals surface area contributed by atoms with Gasteiger partial charge in [0, 0.05) is 18.6 Å². The molecule has 19 heavy (non-hydrogen) atoms. The average molecular weight is 257 g/mol. The Morgan fingerprint density at radius 3 is 2.84 bits per heavy atom. The lowest BCUT2D eigenvalue weighted by Gasteiger charge is -2.40. The van der Waals surface area contributed by atoms with Gasteiger partial charge in [-0.05, 0) is 38.9 Å². The van der Waals surface area contributed by atoms with Crippen molar-refractivity contribution in [2.24, 2.45) is 0 Å². The van der Waals surface area contributed by atoms with Gasteiger partial charge in [-0.1, -0.05) is 30.3 Å². The van der Waals surface area contributed by atoms with Crippen molar-refractivity contribution >= 4 is 0 Å². The van der Waals surface area contributed by atoms with Crippen LogP contribution in [0.5, 0.6) is 0 Å². The summed E-state index contributed by atoms with van der Waals surface area (Å²) in [4.78, 5) is 4.72. The first-order valence-electron chi connectivity index (χ1n) is 7.08. The average Bonchev–Trinajstić information content (AvgIpc) is 2.48. The molecular weight excluding hydrogens is 234 g/mol. The summed E-state index contributed by atoms with van der Waals surface area (Å²) in [6.45, 7) is 5.03. The molecule has 0 spiro atoms. The minimum atomic E-state index is 0.458. The molecule has 0 aromatic heterocycles. The Balaban J connectivity index is 1.99. The Morgan fingerprint density at radius 1 is 1.42 bits per heavy atom. The van der Waals surface area contributed by atoms with Crippen LogP contribution in [-0.2, 0) is 0 Å². The van der Waals surface area contributed by atoms with E-state index in [9.17, 15) is 0 Å². The van der Waals surface area contributed by atoms with Gasteiger partial charge in [-0.15, -0.1) is 0 Å². The van der Waals surface area contributed by atoms with E-state index in [1.165, 1.54) is 18.4 Å². The lowest BCUT2D eigenvalue weighted by molar-refractivity contribution is 0.0963. The van der Waals surface area contributed by atoms with E-state index >= 15 is 0 Å². The van der Waals surface area contributed by atoms with Crippen LogP contribution in [0.25, 0.3) is 0 Å². The molecule has 0 saturated carbocycles. The van der Waals surface area contributed by atoms with E-state index in [1.54, 1.807) is 0 Å². The highest BCUT2D eigenvalue weighted by atomic mass is 15.2. The number of hydrogen-bond acceptors (Lipinski definition) is 3. The molecule has 1 saturated heterocycles. The maximum Gasteiger partial charge on any atom is 0.0866 e. The minimum Gasteiger partial charge on any atom is -0.295 e. The number of nitriles is 1. The normalized spacial score (nSPS) is 22.1. The third-order valence-electron chi connectivity index (χ3n) is 4.20. The molecule has 0 N–H and O–H groups in total. The molecule has 1 heterocycles. The molecule has 3 heteroatoms. The van der Waals surface area contributed by atoms with Crippen LogP contribution in [0.4, 0.5) is 0 Å². The van der Waals surface area contributed by atoms with Crippen LogP contribution in [0.3, 0.4) is 0 Å². The fraction of sp³-hybridized carbons (Fsp3) is 0.562. The highest BCUT2D eigenvalue weighted by Gasteiger charge is 2.26. The van der Waals surface area contributed by atoms with E-state index in [-0.39, 0.29) is 0 Å². The van der Waals surface area contributed by atoms with Gasteiger partial charge in [-0.2, -0.15) is 5.26 Å². The Kier molecular flexibility index (Phi) is 4.95. The van der Waals surface area contributed by atoms with Crippen molar-refractivity contribution in [3.63, 3.8) is 0 Å². The summed E-state index contributed by atoms with van der Waals surface area (Å²) in [6, 6.07) is 13.9. The molecule has 0 radical (unpaired) electrons. The maximum atomic E-state index is 8.82. The molecular formula is C16H23N3. The van der Waals surface area contributed by atoms with Gasteiger partial charge in [0.1, 0.15) is 0 Å². The first kappa shape index (κ1) is 14.0. The van der Waals surface area contributed by atoms with Crippen molar-refractivity contribution in [1.29, 1.82) is 5.26 Å². The SMILES string of the molecule is CC(c1ccccc1)N1CCCC(N(C)CC#N)C1. The summed E-state index contributed by atoms with van der Waals surface area (Å²) < 4.78 is 0. The van der Waals surface area contributed by atoms with Gasteiger partial charge in [-0.3, -0.25) is 9.80 Å². The van der Waals surface area contributed by atoms with Gasteiger partial charge in [0.25, 0.3) is 0 Å². The zero-order valence-electron chi connectivity index (χ0n) is 11.9. The summed E-state index contributed by atoms with van der Waals surface area (Å²) in [5.41, 5.74) is 1.38. The molecule has 0 bridgehead atoms. The molecule has 3 nitrogen and oxygen atoms in total. The first-order valence-corrected chi connectivity index (χ1v) is 7.08. The van der Waals surface area contributed by atoms with E-state index < -0.39 is 0 Å². The third kappa shape index (κ3) is 3.56. The van der Waals surface area contributed by atoms with Crippen molar-refractivity contribution < 1.29 is 0 Å². The molecule has 1 aromatic rings. The highest BCUT2D eigenvalue weighted by Crippen LogP contribution is 2.25. The number of likely N-dealkylation sites (N-methyl/N-ethyl adjacent to an activating group) is 1. The number of nitrogens with zero attached hydrogens (tertiary/aromatic N) is 3. The molecule has 2 unspecified atom stereocenters. The summed E-state index contributed by atoms with van der Waals surface area (Å²) in [7, 11) is 2.06. The van der Waals surface area contributed by atoms with Crippen molar-refractivity contribution in [3.05, 3.63) is 35.9 Å². The predicted octanol–water partition coefficient (Wildman–Crippen LogP) is 2.67. The Morgan fingerprint density at radius 2 is 2.16 bits per heavy atom. The lowest BCUT2D eigenvalue weighted by atomic mass is 9.99. The lowest BCUT2D eigenvalue weighted by Crippen LogP contribution is -2.47. The van der Waals surface area contributed by atoms with Gasteiger partial charge in [-0.25, -0.2) is 0 Å². The number of hydrogen-bond donors (Lipinski definition) is 0. The molecule has 0 aliphatic carbocycles. The summed E-state index contributed by atoms with van der Waals surface area (Å²) in [5.74, 6) is 0. The van der Waals surface area contributed by atoms with Gasteiger partial charge in [0.2, 0.25) is 0 Å². The van der Waals surface area contributed by atoms with Crippen molar-refractivity contribution in [2.75, 3.05) is 26.7 Å². The molecule has 1 fully saturated rings. The van der Waals surface area contributed by atoms with Crippen LogP contribution in [0.2, 0.25) is 0 Å². The molecule has 0 amide bonds. The number of benzene rings is 1. The van der Waals surface area contributed by atoms with E-state index in [0.717, 1.165) is 13.1 Å². The van der Waals surface area contributed by atoms with E-state index in [4.69, 9.17) is 5.26 Å². The first-order chi connectivity index (χ1) is 9.22. The summed E-state index contributed by atoms with van der Waals surface area (Å²) >= 11 is 0. The highest BCUT2D eigenvalue weighted by molar-refractivity contribution is 5.18. The predicted molar refractivity (Wildman–Crippen MR) is 77.7 cm³/mol. The minimum absolute atomic E-state index is 0.458. The Hall–Kier alpha value is -1.37. The van der Waals surface area contributed by atoms with E-state index in [2.05, 4.69) is 60.2 Å². The van der Waals surface area contributed by atoms with Crippen LogP contribution >= 0.6 is 0 Å². The second kappa shape index (κ2) is 6.70. The van der Waals surface area contributed by atoms with Gasteiger partial charge >= 0.3 is 0 Å².